The number of primary amides is 1. The van der Waals surface area contributed by atoms with Crippen molar-refractivity contribution in [1.82, 2.24) is 0 Å². The molecule has 1 aromatic rings. The summed E-state index contributed by atoms with van der Waals surface area (Å²) in [5.41, 5.74) is 5.66. The molecule has 1 aliphatic carbocycles. The lowest BCUT2D eigenvalue weighted by atomic mass is 9.64. The lowest BCUT2D eigenvalue weighted by Crippen LogP contribution is -2.46. The van der Waals surface area contributed by atoms with Crippen molar-refractivity contribution in [3.63, 3.8) is 0 Å². The molecule has 1 saturated carbocycles. The predicted molar refractivity (Wildman–Crippen MR) is 58.8 cm³/mol. The molecule has 80 valence electrons. The van der Waals surface area contributed by atoms with Crippen molar-refractivity contribution in [2.45, 2.75) is 24.7 Å². The molecule has 0 aromatic heterocycles. The van der Waals surface area contributed by atoms with Gasteiger partial charge in [-0.25, -0.2) is 4.39 Å². The fourth-order valence-corrected chi connectivity index (χ4v) is 2.38. The van der Waals surface area contributed by atoms with Gasteiger partial charge in [0.15, 0.2) is 0 Å². The van der Waals surface area contributed by atoms with E-state index in [2.05, 4.69) is 15.9 Å². The van der Waals surface area contributed by atoms with Crippen LogP contribution in [0.5, 0.6) is 0 Å². The van der Waals surface area contributed by atoms with Crippen molar-refractivity contribution < 1.29 is 9.18 Å². The number of benzene rings is 1. The Morgan fingerprint density at radius 2 is 2.13 bits per heavy atom. The van der Waals surface area contributed by atoms with Gasteiger partial charge >= 0.3 is 0 Å². The molecule has 0 heterocycles. The summed E-state index contributed by atoms with van der Waals surface area (Å²) >= 11 is 3.11. The van der Waals surface area contributed by atoms with Crippen LogP contribution in [0.1, 0.15) is 24.8 Å². The Balaban J connectivity index is 2.44. The molecule has 0 bridgehead atoms. The number of hydrogen-bond donors (Lipinski definition) is 1. The summed E-state index contributed by atoms with van der Waals surface area (Å²) < 4.78 is 13.4. The fourth-order valence-electron chi connectivity index (χ4n) is 2.00. The second-order valence-corrected chi connectivity index (χ2v) is 4.78. The first kappa shape index (κ1) is 10.6. The molecule has 2 nitrogen and oxygen atoms in total. The van der Waals surface area contributed by atoms with Crippen LogP contribution in [0.15, 0.2) is 22.7 Å². The lowest BCUT2D eigenvalue weighted by Gasteiger charge is -2.39. The zero-order chi connectivity index (χ0) is 11.1. The van der Waals surface area contributed by atoms with Gasteiger partial charge in [0.1, 0.15) is 5.82 Å². The second-order valence-electron chi connectivity index (χ2n) is 3.93. The van der Waals surface area contributed by atoms with Crippen LogP contribution in [-0.4, -0.2) is 5.91 Å². The first-order valence-electron chi connectivity index (χ1n) is 4.82. The van der Waals surface area contributed by atoms with Gasteiger partial charge in [0, 0.05) is 0 Å². The fraction of sp³-hybridized carbons (Fsp3) is 0.364. The number of rotatable bonds is 2. The molecule has 1 fully saturated rings. The van der Waals surface area contributed by atoms with E-state index in [4.69, 9.17) is 5.73 Å². The molecule has 0 spiro atoms. The minimum atomic E-state index is -0.559. The minimum absolute atomic E-state index is 0.313. The molecule has 4 heteroatoms. The van der Waals surface area contributed by atoms with Gasteiger partial charge in [0.05, 0.1) is 9.89 Å². The van der Waals surface area contributed by atoms with E-state index < -0.39 is 5.41 Å². The van der Waals surface area contributed by atoms with Gasteiger partial charge in [-0.3, -0.25) is 4.79 Å². The minimum Gasteiger partial charge on any atom is -0.369 e. The van der Waals surface area contributed by atoms with Crippen molar-refractivity contribution in [2.75, 3.05) is 0 Å². The summed E-state index contributed by atoms with van der Waals surface area (Å²) in [7, 11) is 0. The number of amides is 1. The van der Waals surface area contributed by atoms with Crippen LogP contribution in [0.3, 0.4) is 0 Å². The number of nitrogens with two attached hydrogens (primary N) is 1. The topological polar surface area (TPSA) is 43.1 Å². The molecule has 15 heavy (non-hydrogen) atoms. The van der Waals surface area contributed by atoms with E-state index in [-0.39, 0.29) is 11.7 Å². The van der Waals surface area contributed by atoms with Crippen LogP contribution in [0.2, 0.25) is 0 Å². The van der Waals surface area contributed by atoms with Crippen LogP contribution in [0.4, 0.5) is 4.39 Å². The van der Waals surface area contributed by atoms with Gasteiger partial charge in [-0.15, -0.1) is 0 Å². The highest BCUT2D eigenvalue weighted by Gasteiger charge is 2.44. The maximum atomic E-state index is 13.0. The predicted octanol–water partition coefficient (Wildman–Crippen LogP) is 2.50. The molecule has 2 rings (SSSR count). The second kappa shape index (κ2) is 3.59. The zero-order valence-corrected chi connectivity index (χ0v) is 9.68. The average molecular weight is 272 g/mol. The summed E-state index contributed by atoms with van der Waals surface area (Å²) in [6, 6.07) is 4.66. The van der Waals surface area contributed by atoms with Crippen molar-refractivity contribution in [3.8, 4) is 0 Å². The molecule has 1 amide bonds. The van der Waals surface area contributed by atoms with Crippen LogP contribution in [-0.2, 0) is 10.2 Å². The normalized spacial score (nSPS) is 18.3. The highest BCUT2D eigenvalue weighted by Crippen LogP contribution is 2.44. The Morgan fingerprint density at radius 1 is 1.47 bits per heavy atom. The SMILES string of the molecule is NC(=O)C1(c2ccc(F)c(Br)c2)CCC1. The molecule has 0 radical (unpaired) electrons. The van der Waals surface area contributed by atoms with E-state index >= 15 is 0 Å². The van der Waals surface area contributed by atoms with Crippen molar-refractivity contribution in [3.05, 3.63) is 34.1 Å². The highest BCUT2D eigenvalue weighted by atomic mass is 79.9. The molecular weight excluding hydrogens is 261 g/mol. The molecule has 1 aromatic carbocycles. The van der Waals surface area contributed by atoms with Gasteiger partial charge in [-0.1, -0.05) is 12.5 Å². The van der Waals surface area contributed by atoms with Gasteiger partial charge < -0.3 is 5.73 Å². The third-order valence-corrected chi connectivity index (χ3v) is 3.76. The Kier molecular flexibility index (Phi) is 2.54. The third kappa shape index (κ3) is 1.57. The van der Waals surface area contributed by atoms with E-state index in [0.717, 1.165) is 24.8 Å². The van der Waals surface area contributed by atoms with Crippen LogP contribution < -0.4 is 5.73 Å². The largest absolute Gasteiger partial charge is 0.369 e. The van der Waals surface area contributed by atoms with E-state index in [1.54, 1.807) is 12.1 Å². The maximum Gasteiger partial charge on any atom is 0.228 e. The summed E-state index contributed by atoms with van der Waals surface area (Å²) in [5, 5.41) is 0. The Morgan fingerprint density at radius 3 is 2.53 bits per heavy atom. The van der Waals surface area contributed by atoms with Gasteiger partial charge in [-0.05, 0) is 46.5 Å². The molecular formula is C11H11BrFNO. The maximum absolute atomic E-state index is 13.0. The van der Waals surface area contributed by atoms with Gasteiger partial charge in [0.25, 0.3) is 0 Å². The average Bonchev–Trinajstić information content (AvgIpc) is 2.08. The Labute approximate surface area is 95.8 Å². The van der Waals surface area contributed by atoms with Crippen molar-refractivity contribution in [2.24, 2.45) is 5.73 Å². The lowest BCUT2D eigenvalue weighted by molar-refractivity contribution is -0.126. The Bertz CT molecular complexity index is 415. The number of carbonyl (C=O) groups is 1. The van der Waals surface area contributed by atoms with E-state index in [1.807, 2.05) is 0 Å². The number of halogens is 2. The van der Waals surface area contributed by atoms with Crippen molar-refractivity contribution >= 4 is 21.8 Å². The molecule has 2 N–H and O–H groups in total. The standard InChI is InChI=1S/C11H11BrFNO/c12-8-6-7(2-3-9(8)13)11(10(14)15)4-1-5-11/h2-3,6H,1,4-5H2,(H2,14,15). The number of hydrogen-bond acceptors (Lipinski definition) is 1. The number of carbonyl (C=O) groups excluding carboxylic acids is 1. The molecule has 0 saturated heterocycles. The summed E-state index contributed by atoms with van der Waals surface area (Å²) in [5.74, 6) is -0.634. The third-order valence-electron chi connectivity index (χ3n) is 3.15. The van der Waals surface area contributed by atoms with Crippen LogP contribution in [0.25, 0.3) is 0 Å². The molecule has 1 aliphatic rings. The van der Waals surface area contributed by atoms with Gasteiger partial charge in [-0.2, -0.15) is 0 Å². The zero-order valence-electron chi connectivity index (χ0n) is 8.09. The molecule has 0 aliphatic heterocycles. The highest BCUT2D eigenvalue weighted by molar-refractivity contribution is 9.10. The van der Waals surface area contributed by atoms with Crippen molar-refractivity contribution in [1.29, 1.82) is 0 Å². The first-order valence-corrected chi connectivity index (χ1v) is 5.61. The molecule has 0 atom stereocenters. The van der Waals surface area contributed by atoms with Gasteiger partial charge in [0.2, 0.25) is 5.91 Å². The Hall–Kier alpha value is -0.900. The van der Waals surface area contributed by atoms with Crippen LogP contribution >= 0.6 is 15.9 Å². The monoisotopic (exact) mass is 271 g/mol. The van der Waals surface area contributed by atoms with E-state index in [0.29, 0.717) is 4.47 Å². The van der Waals surface area contributed by atoms with E-state index in [9.17, 15) is 9.18 Å². The first-order chi connectivity index (χ1) is 7.06. The smallest absolute Gasteiger partial charge is 0.228 e. The quantitative estimate of drug-likeness (QED) is 0.883. The summed E-state index contributed by atoms with van der Waals surface area (Å²) in [4.78, 5) is 11.4. The summed E-state index contributed by atoms with van der Waals surface area (Å²) in [6.45, 7) is 0. The summed E-state index contributed by atoms with van der Waals surface area (Å²) in [6.07, 6.45) is 2.53. The van der Waals surface area contributed by atoms with E-state index in [1.165, 1.54) is 6.07 Å². The molecule has 0 unspecified atom stereocenters. The van der Waals surface area contributed by atoms with Crippen LogP contribution in [0, 0.1) is 5.82 Å².